The lowest BCUT2D eigenvalue weighted by Gasteiger charge is -2.31. The van der Waals surface area contributed by atoms with Crippen molar-refractivity contribution < 1.29 is 0 Å². The normalized spacial score (nSPS) is 17.9. The third-order valence-electron chi connectivity index (χ3n) is 6.51. The average Bonchev–Trinajstić information content (AvgIpc) is 2.89. The number of benzene rings is 1. The summed E-state index contributed by atoms with van der Waals surface area (Å²) in [6.45, 7) is 10.3. The second kappa shape index (κ2) is 9.93. The van der Waals surface area contributed by atoms with Gasteiger partial charge >= 0.3 is 0 Å². The highest BCUT2D eigenvalue weighted by molar-refractivity contribution is 6.30. The average molecular weight is 434 g/mol. The summed E-state index contributed by atoms with van der Waals surface area (Å²) >= 11 is 6.36. The molecule has 2 heterocycles. The molecule has 1 aromatic heterocycles. The molecule has 1 aliphatic carbocycles. The number of halogens is 1. The minimum absolute atomic E-state index is 0.766. The number of fused-ring (bicyclic) bond motifs is 1. The first kappa shape index (κ1) is 22.0. The molecule has 0 bridgehead atoms. The Balaban J connectivity index is 1.65. The Morgan fingerprint density at radius 3 is 2.61 bits per heavy atom. The Labute approximate surface area is 191 Å². The van der Waals surface area contributed by atoms with E-state index in [1.165, 1.54) is 39.0 Å². The van der Waals surface area contributed by atoms with Gasteiger partial charge in [-0.2, -0.15) is 0 Å². The van der Waals surface area contributed by atoms with E-state index in [2.05, 4.69) is 46.9 Å². The number of aliphatic imine (C=N–C) groups is 1. The fraction of sp³-hybridized carbons (Fsp3) is 0.407. The first-order chi connectivity index (χ1) is 15.0. The summed E-state index contributed by atoms with van der Waals surface area (Å²) in [7, 11) is 0. The molecule has 1 aliphatic heterocycles. The van der Waals surface area contributed by atoms with Gasteiger partial charge in [-0.15, -0.1) is 0 Å². The van der Waals surface area contributed by atoms with Crippen molar-refractivity contribution in [3.05, 3.63) is 80.7 Å². The zero-order valence-electron chi connectivity index (χ0n) is 18.9. The second-order valence-electron chi connectivity index (χ2n) is 8.78. The predicted octanol–water partition coefficient (Wildman–Crippen LogP) is 6.45. The summed E-state index contributed by atoms with van der Waals surface area (Å²) in [6.07, 6.45) is 10.2. The Kier molecular flexibility index (Phi) is 7.04. The third-order valence-corrected chi connectivity index (χ3v) is 6.74. The van der Waals surface area contributed by atoms with Crippen molar-refractivity contribution in [2.24, 2.45) is 4.99 Å². The number of nitrogens with zero attached hydrogens (tertiary/aromatic N) is 3. The lowest BCUT2D eigenvalue weighted by molar-refractivity contribution is 0.248. The molecular formula is C27H32ClN3. The molecule has 1 fully saturated rings. The van der Waals surface area contributed by atoms with E-state index < -0.39 is 0 Å². The van der Waals surface area contributed by atoms with Gasteiger partial charge in [0, 0.05) is 37.1 Å². The molecule has 1 aromatic carbocycles. The van der Waals surface area contributed by atoms with Crippen LogP contribution in [0.1, 0.15) is 55.4 Å². The van der Waals surface area contributed by atoms with Crippen LogP contribution in [0.15, 0.2) is 58.4 Å². The van der Waals surface area contributed by atoms with Gasteiger partial charge in [0.2, 0.25) is 0 Å². The SMILES string of the molecule is CC=NCC1=C(C)CCc2cc(Cl)ccc2C1=C1CCN(Cc2cncc(C)c2)CC1. The molecule has 0 saturated carbocycles. The van der Waals surface area contributed by atoms with Gasteiger partial charge in [-0.3, -0.25) is 14.9 Å². The number of aryl methyl sites for hydroxylation is 2. The van der Waals surface area contributed by atoms with E-state index in [1.54, 1.807) is 5.57 Å². The Morgan fingerprint density at radius 1 is 1.06 bits per heavy atom. The summed E-state index contributed by atoms with van der Waals surface area (Å²) in [5, 5.41) is 0.831. The van der Waals surface area contributed by atoms with Crippen molar-refractivity contribution in [1.82, 2.24) is 9.88 Å². The standard InChI is InChI=1S/C27H32ClN3/c1-4-29-17-26-20(3)5-6-23-14-24(28)7-8-25(23)27(26)22-9-11-31(12-10-22)18-21-13-19(2)15-30-16-21/h4,7-8,13-16H,5-6,9-12,17-18H2,1-3H3. The van der Waals surface area contributed by atoms with Crippen molar-refractivity contribution in [2.45, 2.75) is 53.0 Å². The van der Waals surface area contributed by atoms with Gasteiger partial charge in [0.15, 0.2) is 0 Å². The molecule has 31 heavy (non-hydrogen) atoms. The van der Waals surface area contributed by atoms with Crippen molar-refractivity contribution in [2.75, 3.05) is 19.6 Å². The zero-order valence-corrected chi connectivity index (χ0v) is 19.7. The number of aromatic nitrogens is 1. The van der Waals surface area contributed by atoms with E-state index in [1.807, 2.05) is 31.6 Å². The first-order valence-corrected chi connectivity index (χ1v) is 11.7. The Morgan fingerprint density at radius 2 is 1.87 bits per heavy atom. The predicted molar refractivity (Wildman–Crippen MR) is 132 cm³/mol. The van der Waals surface area contributed by atoms with Gasteiger partial charge in [0.1, 0.15) is 0 Å². The maximum Gasteiger partial charge on any atom is 0.0641 e. The van der Waals surface area contributed by atoms with Gasteiger partial charge < -0.3 is 0 Å². The van der Waals surface area contributed by atoms with Gasteiger partial charge in [0.05, 0.1) is 6.54 Å². The largest absolute Gasteiger partial charge is 0.298 e. The Hall–Kier alpha value is -2.23. The van der Waals surface area contributed by atoms with E-state index in [0.29, 0.717) is 0 Å². The highest BCUT2D eigenvalue weighted by Crippen LogP contribution is 2.40. The molecule has 2 aromatic rings. The number of rotatable bonds is 4. The lowest BCUT2D eigenvalue weighted by atomic mass is 9.86. The summed E-state index contributed by atoms with van der Waals surface area (Å²) in [4.78, 5) is 11.6. The second-order valence-corrected chi connectivity index (χ2v) is 9.22. The quantitative estimate of drug-likeness (QED) is 0.518. The molecule has 3 nitrogen and oxygen atoms in total. The summed E-state index contributed by atoms with van der Waals surface area (Å²) in [5.41, 5.74) is 11.2. The van der Waals surface area contributed by atoms with Crippen LogP contribution in [-0.2, 0) is 13.0 Å². The molecule has 0 atom stereocenters. The number of hydrogen-bond donors (Lipinski definition) is 0. The maximum atomic E-state index is 6.36. The van der Waals surface area contributed by atoms with Gasteiger partial charge in [-0.05, 0) is 98.2 Å². The molecule has 4 heteroatoms. The maximum absolute atomic E-state index is 6.36. The summed E-state index contributed by atoms with van der Waals surface area (Å²) in [5.74, 6) is 0. The highest BCUT2D eigenvalue weighted by atomic mass is 35.5. The Bertz CT molecular complexity index is 1040. The van der Waals surface area contributed by atoms with Crippen LogP contribution in [0.25, 0.3) is 5.57 Å². The van der Waals surface area contributed by atoms with E-state index in [-0.39, 0.29) is 0 Å². The van der Waals surface area contributed by atoms with Crippen molar-refractivity contribution in [1.29, 1.82) is 0 Å². The monoisotopic (exact) mass is 433 g/mol. The molecule has 0 N–H and O–H groups in total. The molecule has 4 rings (SSSR count). The highest BCUT2D eigenvalue weighted by Gasteiger charge is 2.25. The molecule has 0 unspecified atom stereocenters. The summed E-state index contributed by atoms with van der Waals surface area (Å²) in [6, 6.07) is 8.69. The fourth-order valence-electron chi connectivity index (χ4n) is 4.86. The molecule has 0 radical (unpaired) electrons. The molecule has 162 valence electrons. The summed E-state index contributed by atoms with van der Waals surface area (Å²) < 4.78 is 0. The number of piperidine rings is 1. The number of hydrogen-bond acceptors (Lipinski definition) is 3. The van der Waals surface area contributed by atoms with Crippen LogP contribution in [0.4, 0.5) is 0 Å². The van der Waals surface area contributed by atoms with Crippen molar-refractivity contribution in [3.8, 4) is 0 Å². The third kappa shape index (κ3) is 5.16. The van der Waals surface area contributed by atoms with Crippen LogP contribution >= 0.6 is 11.6 Å². The first-order valence-electron chi connectivity index (χ1n) is 11.3. The van der Waals surface area contributed by atoms with Crippen LogP contribution in [0, 0.1) is 6.92 Å². The van der Waals surface area contributed by atoms with Crippen LogP contribution in [-0.4, -0.2) is 35.7 Å². The number of likely N-dealkylation sites (tertiary alicyclic amines) is 1. The van der Waals surface area contributed by atoms with E-state index in [4.69, 9.17) is 11.6 Å². The van der Waals surface area contributed by atoms with Crippen LogP contribution in [0.3, 0.4) is 0 Å². The van der Waals surface area contributed by atoms with E-state index in [0.717, 1.165) is 56.9 Å². The minimum atomic E-state index is 0.766. The fourth-order valence-corrected chi connectivity index (χ4v) is 5.05. The van der Waals surface area contributed by atoms with Gasteiger partial charge in [0.25, 0.3) is 0 Å². The van der Waals surface area contributed by atoms with Crippen LogP contribution < -0.4 is 0 Å². The van der Waals surface area contributed by atoms with Crippen LogP contribution in [0.2, 0.25) is 5.02 Å². The van der Waals surface area contributed by atoms with E-state index in [9.17, 15) is 0 Å². The minimum Gasteiger partial charge on any atom is -0.298 e. The molecule has 0 spiro atoms. The molecule has 0 amide bonds. The zero-order chi connectivity index (χ0) is 21.8. The van der Waals surface area contributed by atoms with E-state index >= 15 is 0 Å². The van der Waals surface area contributed by atoms with Crippen LogP contribution in [0.5, 0.6) is 0 Å². The van der Waals surface area contributed by atoms with Gasteiger partial charge in [-0.1, -0.05) is 34.9 Å². The molecule has 1 saturated heterocycles. The topological polar surface area (TPSA) is 28.5 Å². The smallest absolute Gasteiger partial charge is 0.0641 e. The van der Waals surface area contributed by atoms with Gasteiger partial charge in [-0.25, -0.2) is 0 Å². The molecular weight excluding hydrogens is 402 g/mol. The lowest BCUT2D eigenvalue weighted by Crippen LogP contribution is -2.30. The number of pyridine rings is 1. The molecule has 2 aliphatic rings. The number of allylic oxidation sites excluding steroid dienone is 1. The van der Waals surface area contributed by atoms with Crippen molar-refractivity contribution in [3.63, 3.8) is 0 Å². The van der Waals surface area contributed by atoms with Crippen molar-refractivity contribution >= 4 is 23.4 Å².